The van der Waals surface area contributed by atoms with Crippen LogP contribution in [0.3, 0.4) is 0 Å². The Morgan fingerprint density at radius 1 is 1.00 bits per heavy atom. The summed E-state index contributed by atoms with van der Waals surface area (Å²) in [7, 11) is 0. The Balaban J connectivity index is 1.37. The van der Waals surface area contributed by atoms with Crippen molar-refractivity contribution in [2.45, 2.75) is 6.54 Å². The van der Waals surface area contributed by atoms with Gasteiger partial charge in [0.25, 0.3) is 0 Å². The first kappa shape index (κ1) is 18.7. The van der Waals surface area contributed by atoms with Gasteiger partial charge in [0.05, 0.1) is 37.8 Å². The van der Waals surface area contributed by atoms with Crippen molar-refractivity contribution in [1.82, 2.24) is 24.6 Å². The molecule has 146 valence electrons. The van der Waals surface area contributed by atoms with Gasteiger partial charge >= 0.3 is 0 Å². The Morgan fingerprint density at radius 2 is 1.82 bits per heavy atom. The van der Waals surface area contributed by atoms with E-state index in [1.54, 1.807) is 12.4 Å². The minimum absolute atomic E-state index is 0.454. The molecule has 1 aromatic carbocycles. The second-order valence-corrected chi connectivity index (χ2v) is 6.86. The van der Waals surface area contributed by atoms with E-state index < -0.39 is 0 Å². The molecular weight excluding hydrogens is 378 g/mol. The third-order valence-corrected chi connectivity index (χ3v) is 4.70. The molecule has 0 amide bonds. The van der Waals surface area contributed by atoms with Crippen LogP contribution in [0.15, 0.2) is 48.9 Å². The number of morpholine rings is 1. The standard InChI is InChI=1S/C19H22ClN7O/c20-17-13-21-19(25-18(17)23-15-4-2-1-3-5-15)24-16-12-22-27(14-16)7-6-26-8-10-28-11-9-26/h1-5,12-14H,6-11H2,(H2,21,23,24,25). The first-order valence-corrected chi connectivity index (χ1v) is 9.58. The molecule has 0 aliphatic carbocycles. The predicted octanol–water partition coefficient (Wildman–Crippen LogP) is 3.15. The van der Waals surface area contributed by atoms with Crippen LogP contribution in [0.1, 0.15) is 0 Å². The lowest BCUT2D eigenvalue weighted by Crippen LogP contribution is -2.38. The predicted molar refractivity (Wildman–Crippen MR) is 110 cm³/mol. The van der Waals surface area contributed by atoms with Crippen molar-refractivity contribution in [3.63, 3.8) is 0 Å². The Hall–Kier alpha value is -2.68. The molecule has 2 N–H and O–H groups in total. The third kappa shape index (κ3) is 4.98. The molecule has 0 atom stereocenters. The van der Waals surface area contributed by atoms with E-state index in [9.17, 15) is 0 Å². The van der Waals surface area contributed by atoms with Gasteiger partial charge in [-0.05, 0) is 12.1 Å². The maximum absolute atomic E-state index is 6.22. The van der Waals surface area contributed by atoms with Crippen molar-refractivity contribution in [3.8, 4) is 0 Å². The maximum atomic E-state index is 6.22. The molecule has 2 aromatic heterocycles. The Kier molecular flexibility index (Phi) is 6.01. The van der Waals surface area contributed by atoms with E-state index in [4.69, 9.17) is 16.3 Å². The van der Waals surface area contributed by atoms with Gasteiger partial charge in [-0.2, -0.15) is 10.1 Å². The number of benzene rings is 1. The van der Waals surface area contributed by atoms with Crippen molar-refractivity contribution in [2.75, 3.05) is 43.5 Å². The van der Waals surface area contributed by atoms with Gasteiger partial charge in [-0.25, -0.2) is 4.98 Å². The summed E-state index contributed by atoms with van der Waals surface area (Å²) < 4.78 is 7.29. The summed E-state index contributed by atoms with van der Waals surface area (Å²) in [5, 5.41) is 11.2. The van der Waals surface area contributed by atoms with E-state index >= 15 is 0 Å². The van der Waals surface area contributed by atoms with Crippen LogP contribution in [0, 0.1) is 0 Å². The molecule has 0 bridgehead atoms. The molecule has 9 heteroatoms. The molecule has 0 unspecified atom stereocenters. The number of halogens is 1. The van der Waals surface area contributed by atoms with Gasteiger partial charge in [0.2, 0.25) is 5.95 Å². The zero-order chi connectivity index (χ0) is 19.2. The first-order valence-electron chi connectivity index (χ1n) is 9.20. The molecule has 1 saturated heterocycles. The quantitative estimate of drug-likeness (QED) is 0.631. The summed E-state index contributed by atoms with van der Waals surface area (Å²) in [6, 6.07) is 9.74. The van der Waals surface area contributed by atoms with Crippen molar-refractivity contribution in [2.24, 2.45) is 0 Å². The molecule has 0 saturated carbocycles. The van der Waals surface area contributed by atoms with E-state index in [1.165, 1.54) is 0 Å². The SMILES string of the molecule is Clc1cnc(Nc2cnn(CCN3CCOCC3)c2)nc1Nc1ccccc1. The fraction of sp³-hybridized carbons (Fsp3) is 0.316. The number of para-hydroxylation sites is 1. The molecular formula is C19H22ClN7O. The minimum atomic E-state index is 0.454. The normalized spacial score (nSPS) is 14.8. The Labute approximate surface area is 168 Å². The molecule has 1 fully saturated rings. The lowest BCUT2D eigenvalue weighted by Gasteiger charge is -2.26. The van der Waals surface area contributed by atoms with Crippen LogP contribution in [0.5, 0.6) is 0 Å². The van der Waals surface area contributed by atoms with Gasteiger partial charge in [0, 0.05) is 31.5 Å². The molecule has 28 heavy (non-hydrogen) atoms. The summed E-state index contributed by atoms with van der Waals surface area (Å²) in [5.74, 6) is 1.00. The summed E-state index contributed by atoms with van der Waals surface area (Å²) in [4.78, 5) is 11.1. The summed E-state index contributed by atoms with van der Waals surface area (Å²) in [6.07, 6.45) is 5.29. The average molecular weight is 400 g/mol. The third-order valence-electron chi connectivity index (χ3n) is 4.42. The van der Waals surface area contributed by atoms with Gasteiger partial charge in [0.15, 0.2) is 5.82 Å². The van der Waals surface area contributed by atoms with Gasteiger partial charge in [-0.1, -0.05) is 29.8 Å². The molecule has 1 aliphatic heterocycles. The molecule has 4 rings (SSSR count). The number of aromatic nitrogens is 4. The highest BCUT2D eigenvalue weighted by Crippen LogP contribution is 2.24. The largest absolute Gasteiger partial charge is 0.379 e. The number of ether oxygens (including phenoxy) is 1. The number of hydrogen-bond donors (Lipinski definition) is 2. The highest BCUT2D eigenvalue weighted by atomic mass is 35.5. The van der Waals surface area contributed by atoms with E-state index in [0.717, 1.165) is 50.8 Å². The number of anilines is 4. The zero-order valence-electron chi connectivity index (χ0n) is 15.4. The van der Waals surface area contributed by atoms with Crippen LogP contribution in [-0.2, 0) is 11.3 Å². The Bertz CT molecular complexity index is 896. The minimum Gasteiger partial charge on any atom is -0.379 e. The second-order valence-electron chi connectivity index (χ2n) is 6.45. The van der Waals surface area contributed by atoms with Gasteiger partial charge in [0.1, 0.15) is 5.02 Å². The van der Waals surface area contributed by atoms with Crippen molar-refractivity contribution >= 4 is 34.7 Å². The van der Waals surface area contributed by atoms with Crippen molar-refractivity contribution in [1.29, 1.82) is 0 Å². The summed E-state index contributed by atoms with van der Waals surface area (Å²) >= 11 is 6.22. The Morgan fingerprint density at radius 3 is 2.64 bits per heavy atom. The number of rotatable bonds is 7. The number of hydrogen-bond acceptors (Lipinski definition) is 7. The molecule has 3 aromatic rings. The van der Waals surface area contributed by atoms with Crippen molar-refractivity contribution in [3.05, 3.63) is 53.9 Å². The van der Waals surface area contributed by atoms with Crippen LogP contribution >= 0.6 is 11.6 Å². The zero-order valence-corrected chi connectivity index (χ0v) is 16.1. The van der Waals surface area contributed by atoms with Crippen LogP contribution in [0.2, 0.25) is 5.02 Å². The number of nitrogens with one attached hydrogen (secondary N) is 2. The molecule has 0 radical (unpaired) electrons. The second kappa shape index (κ2) is 9.01. The summed E-state index contributed by atoms with van der Waals surface area (Å²) in [5.41, 5.74) is 1.74. The average Bonchev–Trinajstić information content (AvgIpc) is 3.18. The van der Waals surface area contributed by atoms with Crippen LogP contribution in [0.4, 0.5) is 23.1 Å². The maximum Gasteiger partial charge on any atom is 0.229 e. The topological polar surface area (TPSA) is 80.1 Å². The lowest BCUT2D eigenvalue weighted by atomic mass is 10.3. The summed E-state index contributed by atoms with van der Waals surface area (Å²) in [6.45, 7) is 5.33. The highest BCUT2D eigenvalue weighted by Gasteiger charge is 2.11. The fourth-order valence-corrected chi connectivity index (χ4v) is 3.06. The first-order chi connectivity index (χ1) is 13.8. The van der Waals surface area contributed by atoms with Gasteiger partial charge in [-0.15, -0.1) is 0 Å². The molecule has 3 heterocycles. The highest BCUT2D eigenvalue weighted by molar-refractivity contribution is 6.32. The van der Waals surface area contributed by atoms with Gasteiger partial charge in [-0.3, -0.25) is 9.58 Å². The molecule has 0 spiro atoms. The molecule has 1 aliphatic rings. The van der Waals surface area contributed by atoms with E-state index in [1.807, 2.05) is 41.2 Å². The number of nitrogens with zero attached hydrogens (tertiary/aromatic N) is 5. The van der Waals surface area contributed by atoms with Crippen LogP contribution in [-0.4, -0.2) is 57.5 Å². The monoisotopic (exact) mass is 399 g/mol. The van der Waals surface area contributed by atoms with E-state index in [-0.39, 0.29) is 0 Å². The fourth-order valence-electron chi connectivity index (χ4n) is 2.92. The van der Waals surface area contributed by atoms with E-state index in [2.05, 4.69) is 30.6 Å². The van der Waals surface area contributed by atoms with Crippen molar-refractivity contribution < 1.29 is 4.74 Å². The van der Waals surface area contributed by atoms with E-state index in [0.29, 0.717) is 16.8 Å². The van der Waals surface area contributed by atoms with Crippen LogP contribution < -0.4 is 10.6 Å². The smallest absolute Gasteiger partial charge is 0.229 e. The lowest BCUT2D eigenvalue weighted by molar-refractivity contribution is 0.0360. The van der Waals surface area contributed by atoms with Crippen LogP contribution in [0.25, 0.3) is 0 Å². The molecule has 8 nitrogen and oxygen atoms in total. The van der Waals surface area contributed by atoms with Gasteiger partial charge < -0.3 is 15.4 Å².